The van der Waals surface area contributed by atoms with Crippen LogP contribution in [0.3, 0.4) is 0 Å². The topological polar surface area (TPSA) is 29.3 Å². The first-order chi connectivity index (χ1) is 8.34. The average Bonchev–Trinajstić information content (AvgIpc) is 2.27. The van der Waals surface area contributed by atoms with Crippen LogP contribution in [-0.2, 0) is 6.54 Å². The van der Waals surface area contributed by atoms with Gasteiger partial charge in [0.25, 0.3) is 0 Å². The average molecular weight is 281 g/mol. The summed E-state index contributed by atoms with van der Waals surface area (Å²) in [6, 6.07) is 7.10. The Hall–Kier alpha value is -0.780. The van der Waals surface area contributed by atoms with Gasteiger partial charge < -0.3 is 10.6 Å². The highest BCUT2D eigenvalue weighted by Gasteiger charge is 2.38. The Bertz CT molecular complexity index is 382. The minimum atomic E-state index is -4.26. The van der Waals surface area contributed by atoms with Gasteiger partial charge in [-0.15, -0.1) is 0 Å². The fraction of sp³-hybridized carbons (Fsp3) is 0.500. The van der Waals surface area contributed by atoms with Crippen molar-refractivity contribution in [1.82, 2.24) is 4.90 Å². The maximum atomic E-state index is 12.6. The van der Waals surface area contributed by atoms with Crippen molar-refractivity contribution in [3.05, 3.63) is 34.9 Å². The Balaban J connectivity index is 2.61. The molecule has 0 amide bonds. The molecule has 0 heterocycles. The lowest BCUT2D eigenvalue weighted by Gasteiger charge is -2.25. The van der Waals surface area contributed by atoms with E-state index in [1.165, 1.54) is 0 Å². The van der Waals surface area contributed by atoms with Gasteiger partial charge in [0.15, 0.2) is 0 Å². The zero-order valence-electron chi connectivity index (χ0n) is 10.0. The third-order valence-electron chi connectivity index (χ3n) is 2.68. The Labute approximate surface area is 110 Å². The Morgan fingerprint density at radius 1 is 1.33 bits per heavy atom. The lowest BCUT2D eigenvalue weighted by atomic mass is 10.1. The second kappa shape index (κ2) is 6.41. The third-order valence-corrected chi connectivity index (χ3v) is 3.05. The summed E-state index contributed by atoms with van der Waals surface area (Å²) < 4.78 is 37.7. The standard InChI is InChI=1S/C12H16ClF3N2/c1-18(8-10(6-17)12(14,15)16)7-9-4-2-3-5-11(9)13/h2-5,10H,6-8,17H2,1H3. The second-order valence-electron chi connectivity index (χ2n) is 4.26. The number of halogens is 4. The van der Waals surface area contributed by atoms with E-state index in [2.05, 4.69) is 0 Å². The zero-order chi connectivity index (χ0) is 13.8. The molecule has 6 heteroatoms. The Morgan fingerprint density at radius 2 is 1.94 bits per heavy atom. The molecule has 1 atom stereocenters. The lowest BCUT2D eigenvalue weighted by Crippen LogP contribution is -2.39. The lowest BCUT2D eigenvalue weighted by molar-refractivity contribution is -0.175. The number of rotatable bonds is 5. The normalized spacial score (nSPS) is 13.9. The van der Waals surface area contributed by atoms with Crippen molar-refractivity contribution in [3.8, 4) is 0 Å². The van der Waals surface area contributed by atoms with Crippen LogP contribution in [0.15, 0.2) is 24.3 Å². The Morgan fingerprint density at radius 3 is 2.44 bits per heavy atom. The summed E-state index contributed by atoms with van der Waals surface area (Å²) in [4.78, 5) is 1.58. The van der Waals surface area contributed by atoms with Crippen LogP contribution < -0.4 is 5.73 Å². The molecule has 2 nitrogen and oxygen atoms in total. The smallest absolute Gasteiger partial charge is 0.330 e. The highest BCUT2D eigenvalue weighted by atomic mass is 35.5. The molecule has 0 spiro atoms. The molecule has 102 valence electrons. The van der Waals surface area contributed by atoms with Gasteiger partial charge in [0.1, 0.15) is 0 Å². The van der Waals surface area contributed by atoms with Crippen LogP contribution in [0, 0.1) is 5.92 Å². The van der Waals surface area contributed by atoms with Crippen LogP contribution in [0.4, 0.5) is 13.2 Å². The third kappa shape index (κ3) is 4.48. The fourth-order valence-corrected chi connectivity index (χ4v) is 1.87. The van der Waals surface area contributed by atoms with Crippen molar-refractivity contribution in [1.29, 1.82) is 0 Å². The molecule has 0 aliphatic heterocycles. The van der Waals surface area contributed by atoms with E-state index in [0.717, 1.165) is 5.56 Å². The molecule has 1 rings (SSSR count). The van der Waals surface area contributed by atoms with Crippen LogP contribution in [0.5, 0.6) is 0 Å². The quantitative estimate of drug-likeness (QED) is 0.899. The van der Waals surface area contributed by atoms with Gasteiger partial charge in [0.05, 0.1) is 5.92 Å². The van der Waals surface area contributed by atoms with Crippen molar-refractivity contribution in [2.45, 2.75) is 12.7 Å². The fourth-order valence-electron chi connectivity index (χ4n) is 1.67. The van der Waals surface area contributed by atoms with E-state index in [1.54, 1.807) is 36.2 Å². The molecule has 0 aliphatic rings. The molecule has 0 aliphatic carbocycles. The van der Waals surface area contributed by atoms with Crippen molar-refractivity contribution in [3.63, 3.8) is 0 Å². The first kappa shape index (κ1) is 15.3. The van der Waals surface area contributed by atoms with Gasteiger partial charge in [0, 0.05) is 24.7 Å². The van der Waals surface area contributed by atoms with Crippen molar-refractivity contribution in [2.75, 3.05) is 20.1 Å². The predicted octanol–water partition coefficient (Wildman–Crippen LogP) is 2.91. The van der Waals surface area contributed by atoms with Crippen molar-refractivity contribution in [2.24, 2.45) is 11.7 Å². The molecule has 1 aromatic carbocycles. The molecule has 0 saturated carbocycles. The first-order valence-corrected chi connectivity index (χ1v) is 5.91. The predicted molar refractivity (Wildman–Crippen MR) is 66.4 cm³/mol. The molecule has 0 aromatic heterocycles. The second-order valence-corrected chi connectivity index (χ2v) is 4.67. The number of benzene rings is 1. The van der Waals surface area contributed by atoms with Crippen LogP contribution in [0.2, 0.25) is 5.02 Å². The molecule has 0 saturated heterocycles. The van der Waals surface area contributed by atoms with Crippen LogP contribution in [-0.4, -0.2) is 31.2 Å². The Kier molecular flexibility index (Phi) is 5.44. The van der Waals surface area contributed by atoms with E-state index in [9.17, 15) is 13.2 Å². The first-order valence-electron chi connectivity index (χ1n) is 5.53. The summed E-state index contributed by atoms with van der Waals surface area (Å²) in [5.74, 6) is -1.51. The van der Waals surface area contributed by atoms with E-state index in [4.69, 9.17) is 17.3 Å². The number of alkyl halides is 3. The zero-order valence-corrected chi connectivity index (χ0v) is 10.8. The summed E-state index contributed by atoms with van der Waals surface area (Å²) in [7, 11) is 1.62. The van der Waals surface area contributed by atoms with Gasteiger partial charge in [-0.1, -0.05) is 29.8 Å². The van der Waals surface area contributed by atoms with E-state index >= 15 is 0 Å². The minimum absolute atomic E-state index is 0.134. The van der Waals surface area contributed by atoms with E-state index in [-0.39, 0.29) is 6.54 Å². The summed E-state index contributed by atoms with van der Waals surface area (Å²) in [5.41, 5.74) is 5.96. The van der Waals surface area contributed by atoms with Crippen LogP contribution >= 0.6 is 11.6 Å². The van der Waals surface area contributed by atoms with Crippen molar-refractivity contribution < 1.29 is 13.2 Å². The summed E-state index contributed by atoms with van der Waals surface area (Å²) in [6.07, 6.45) is -4.26. The number of nitrogens with two attached hydrogens (primary N) is 1. The molecular weight excluding hydrogens is 265 g/mol. The summed E-state index contributed by atoms with van der Waals surface area (Å²) >= 11 is 5.96. The molecule has 0 radical (unpaired) electrons. The number of nitrogens with zero attached hydrogens (tertiary/aromatic N) is 1. The minimum Gasteiger partial charge on any atom is -0.330 e. The summed E-state index contributed by atoms with van der Waals surface area (Å²) in [5, 5.41) is 0.556. The van der Waals surface area contributed by atoms with E-state index in [0.29, 0.717) is 11.6 Å². The maximum Gasteiger partial charge on any atom is 0.394 e. The molecule has 0 bridgehead atoms. The number of hydrogen-bond donors (Lipinski definition) is 1. The summed E-state index contributed by atoms with van der Waals surface area (Å²) in [6.45, 7) is -0.173. The molecule has 1 aromatic rings. The highest BCUT2D eigenvalue weighted by Crippen LogP contribution is 2.26. The molecular formula is C12H16ClF3N2. The SMILES string of the molecule is CN(Cc1ccccc1Cl)CC(CN)C(F)(F)F. The number of hydrogen-bond acceptors (Lipinski definition) is 2. The molecule has 18 heavy (non-hydrogen) atoms. The molecule has 2 N–H and O–H groups in total. The van der Waals surface area contributed by atoms with Crippen molar-refractivity contribution >= 4 is 11.6 Å². The van der Waals surface area contributed by atoms with Gasteiger partial charge in [-0.05, 0) is 18.7 Å². The highest BCUT2D eigenvalue weighted by molar-refractivity contribution is 6.31. The molecule has 0 fully saturated rings. The van der Waals surface area contributed by atoms with Crippen LogP contribution in [0.25, 0.3) is 0 Å². The van der Waals surface area contributed by atoms with Gasteiger partial charge in [-0.25, -0.2) is 0 Å². The van der Waals surface area contributed by atoms with Gasteiger partial charge in [0.2, 0.25) is 0 Å². The van der Waals surface area contributed by atoms with Gasteiger partial charge >= 0.3 is 6.18 Å². The maximum absolute atomic E-state index is 12.6. The largest absolute Gasteiger partial charge is 0.394 e. The monoisotopic (exact) mass is 280 g/mol. The van der Waals surface area contributed by atoms with Gasteiger partial charge in [-0.3, -0.25) is 0 Å². The van der Waals surface area contributed by atoms with Gasteiger partial charge in [-0.2, -0.15) is 13.2 Å². The van der Waals surface area contributed by atoms with E-state index in [1.807, 2.05) is 0 Å². The molecule has 1 unspecified atom stereocenters. The van der Waals surface area contributed by atoms with Crippen LogP contribution in [0.1, 0.15) is 5.56 Å². The van der Waals surface area contributed by atoms with E-state index < -0.39 is 18.6 Å².